The van der Waals surface area contributed by atoms with Gasteiger partial charge in [-0.1, -0.05) is 48.5 Å². The number of fused-ring (bicyclic) bond motifs is 3. The van der Waals surface area contributed by atoms with Crippen molar-refractivity contribution in [1.29, 1.82) is 42.1 Å². The maximum absolute atomic E-state index is 10.2. The van der Waals surface area contributed by atoms with Gasteiger partial charge in [0.2, 0.25) is 0 Å². The predicted octanol–water partition coefficient (Wildman–Crippen LogP) is 18.9. The Balaban J connectivity index is 1.21. The molecule has 0 fully saturated rings. The molecule has 0 atom stereocenters. The molecule has 430 valence electrons. The topological polar surface area (TPSA) is 203 Å². The standard InChI is InChI=1S/C81H46N12/c82-47-55-9-25-65(26-10-55)90(66-27-11-56(48-83)12-28-66)73-41-63(42-74(45-73)91(67-29-13-57(49-84)14-30-67)68-31-15-58(50-85)16-32-68)81(79-7-3-1-5-77(79)78-6-2-4-8-80(78)81)64-43-75(92(69-33-17-59(51-86)18-34-69)70-35-19-60(52-87)20-36-70)46-76(44-64)93(71-37-21-61(53-88)22-38-71)72-39-23-62(54-89)24-40-72/h1-46H. The number of benzene rings is 12. The molecule has 12 heteroatoms. The van der Waals surface area contributed by atoms with E-state index in [9.17, 15) is 42.1 Å². The second kappa shape index (κ2) is 24.9. The minimum atomic E-state index is -1.27. The number of nitrogens with zero attached hydrogens (tertiary/aromatic N) is 12. The van der Waals surface area contributed by atoms with Crippen LogP contribution >= 0.6 is 0 Å². The molecule has 12 nitrogen and oxygen atoms in total. The Bertz CT molecular complexity index is 4380. The van der Waals surface area contributed by atoms with Crippen LogP contribution in [0.2, 0.25) is 0 Å². The molecule has 12 aromatic carbocycles. The Morgan fingerprint density at radius 3 is 0.538 bits per heavy atom. The first-order chi connectivity index (χ1) is 45.7. The molecule has 0 spiro atoms. The molecule has 0 aromatic heterocycles. The number of hydrogen-bond acceptors (Lipinski definition) is 12. The first kappa shape index (κ1) is 57.8. The maximum atomic E-state index is 10.2. The van der Waals surface area contributed by atoms with E-state index in [0.717, 1.165) is 33.4 Å². The molecule has 93 heavy (non-hydrogen) atoms. The van der Waals surface area contributed by atoms with Crippen LogP contribution < -0.4 is 19.6 Å². The van der Waals surface area contributed by atoms with Crippen LogP contribution in [-0.2, 0) is 5.41 Å². The van der Waals surface area contributed by atoms with Crippen molar-refractivity contribution >= 4 is 68.2 Å². The molecule has 0 heterocycles. The van der Waals surface area contributed by atoms with Gasteiger partial charge in [-0.05, 0) is 264 Å². The zero-order valence-electron chi connectivity index (χ0n) is 49.4. The van der Waals surface area contributed by atoms with Crippen LogP contribution in [0.4, 0.5) is 68.2 Å². The highest BCUT2D eigenvalue weighted by Crippen LogP contribution is 2.59. The first-order valence-corrected chi connectivity index (χ1v) is 29.4. The quantitative estimate of drug-likeness (QED) is 0.0998. The van der Waals surface area contributed by atoms with Crippen molar-refractivity contribution in [3.8, 4) is 59.7 Å². The second-order valence-corrected chi connectivity index (χ2v) is 21.9. The van der Waals surface area contributed by atoms with Crippen molar-refractivity contribution in [2.45, 2.75) is 5.41 Å². The summed E-state index contributed by atoms with van der Waals surface area (Å²) >= 11 is 0. The van der Waals surface area contributed by atoms with Gasteiger partial charge >= 0.3 is 0 Å². The summed E-state index contributed by atoms with van der Waals surface area (Å²) in [4.78, 5) is 8.40. The van der Waals surface area contributed by atoms with Gasteiger partial charge in [-0.2, -0.15) is 42.1 Å². The van der Waals surface area contributed by atoms with E-state index in [2.05, 4.69) is 129 Å². The second-order valence-electron chi connectivity index (χ2n) is 21.9. The summed E-state index contributed by atoms with van der Waals surface area (Å²) in [6, 6.07) is 107. The van der Waals surface area contributed by atoms with Crippen molar-refractivity contribution in [2.75, 3.05) is 19.6 Å². The van der Waals surface area contributed by atoms with Crippen LogP contribution in [0.25, 0.3) is 11.1 Å². The first-order valence-electron chi connectivity index (χ1n) is 29.4. The molecule has 12 aromatic rings. The molecular formula is C81H46N12. The monoisotopic (exact) mass is 1190 g/mol. The third kappa shape index (κ3) is 10.7. The highest BCUT2D eigenvalue weighted by Gasteiger charge is 2.47. The highest BCUT2D eigenvalue weighted by atomic mass is 15.2. The fourth-order valence-electron chi connectivity index (χ4n) is 12.4. The van der Waals surface area contributed by atoms with E-state index >= 15 is 0 Å². The molecule has 0 saturated carbocycles. The Morgan fingerprint density at radius 1 is 0.194 bits per heavy atom. The average molecular weight is 1190 g/mol. The summed E-state index contributed by atoms with van der Waals surface area (Å²) in [5, 5.41) is 81.3. The van der Waals surface area contributed by atoms with Gasteiger partial charge < -0.3 is 19.6 Å². The van der Waals surface area contributed by atoms with E-state index in [0.29, 0.717) is 113 Å². The Hall–Kier alpha value is -14.2. The molecule has 0 N–H and O–H groups in total. The van der Waals surface area contributed by atoms with E-state index in [4.69, 9.17) is 0 Å². The molecule has 0 aliphatic heterocycles. The van der Waals surface area contributed by atoms with Crippen molar-refractivity contribution in [2.24, 2.45) is 0 Å². The fourth-order valence-corrected chi connectivity index (χ4v) is 12.4. The maximum Gasteiger partial charge on any atom is 0.0991 e. The predicted molar refractivity (Wildman–Crippen MR) is 360 cm³/mol. The van der Waals surface area contributed by atoms with Gasteiger partial charge in [-0.25, -0.2) is 0 Å². The number of anilines is 12. The lowest BCUT2D eigenvalue weighted by Gasteiger charge is -2.38. The number of hydrogen-bond donors (Lipinski definition) is 0. The fraction of sp³-hybridized carbons (Fsp3) is 0.0123. The Kier molecular flexibility index (Phi) is 15.5. The van der Waals surface area contributed by atoms with Gasteiger partial charge in [-0.3, -0.25) is 0 Å². The molecule has 0 amide bonds. The molecule has 0 unspecified atom stereocenters. The van der Waals surface area contributed by atoms with Gasteiger partial charge in [0, 0.05) is 68.2 Å². The normalized spacial score (nSPS) is 11.2. The average Bonchev–Trinajstić information content (AvgIpc) is 1.56. The van der Waals surface area contributed by atoms with Gasteiger partial charge in [-0.15, -0.1) is 0 Å². The van der Waals surface area contributed by atoms with Crippen LogP contribution in [0.1, 0.15) is 66.8 Å². The van der Waals surface area contributed by atoms with Crippen molar-refractivity contribution < 1.29 is 0 Å². The molecule has 0 saturated heterocycles. The van der Waals surface area contributed by atoms with E-state index in [1.807, 2.05) is 121 Å². The molecule has 0 radical (unpaired) electrons. The molecular weight excluding hydrogens is 1140 g/mol. The summed E-state index contributed by atoms with van der Waals surface area (Å²) < 4.78 is 0. The zero-order valence-corrected chi connectivity index (χ0v) is 49.4. The van der Waals surface area contributed by atoms with Crippen LogP contribution in [0.3, 0.4) is 0 Å². The highest BCUT2D eigenvalue weighted by molar-refractivity contribution is 5.93. The molecule has 1 aliphatic carbocycles. The minimum absolute atomic E-state index is 0.460. The van der Waals surface area contributed by atoms with E-state index in [1.54, 1.807) is 97.1 Å². The van der Waals surface area contributed by atoms with E-state index < -0.39 is 5.41 Å². The Morgan fingerprint density at radius 2 is 0.366 bits per heavy atom. The minimum Gasteiger partial charge on any atom is -0.310 e. The van der Waals surface area contributed by atoms with Gasteiger partial charge in [0.25, 0.3) is 0 Å². The lowest BCUT2D eigenvalue weighted by molar-refractivity contribution is 0.768. The largest absolute Gasteiger partial charge is 0.310 e. The van der Waals surface area contributed by atoms with E-state index in [1.165, 1.54) is 0 Å². The lowest BCUT2D eigenvalue weighted by Crippen LogP contribution is -2.30. The van der Waals surface area contributed by atoms with Crippen LogP contribution in [-0.4, -0.2) is 0 Å². The van der Waals surface area contributed by atoms with Crippen LogP contribution in [0.5, 0.6) is 0 Å². The van der Waals surface area contributed by atoms with Crippen LogP contribution in [0.15, 0.2) is 279 Å². The summed E-state index contributed by atoms with van der Waals surface area (Å²) in [6.45, 7) is 0. The van der Waals surface area contributed by atoms with E-state index in [-0.39, 0.29) is 0 Å². The number of rotatable bonds is 14. The number of nitriles is 8. The molecule has 13 rings (SSSR count). The zero-order chi connectivity index (χ0) is 64.0. The summed E-state index contributed by atoms with van der Waals surface area (Å²) in [7, 11) is 0. The van der Waals surface area contributed by atoms with Gasteiger partial charge in [0.15, 0.2) is 0 Å². The smallest absolute Gasteiger partial charge is 0.0991 e. The van der Waals surface area contributed by atoms with Gasteiger partial charge in [0.1, 0.15) is 0 Å². The van der Waals surface area contributed by atoms with Crippen molar-refractivity contribution in [3.63, 3.8) is 0 Å². The third-order valence-electron chi connectivity index (χ3n) is 16.7. The lowest BCUT2D eigenvalue weighted by atomic mass is 9.67. The van der Waals surface area contributed by atoms with Crippen LogP contribution in [0, 0.1) is 90.6 Å². The summed E-state index contributed by atoms with van der Waals surface area (Å²) in [5.74, 6) is 0. The summed E-state index contributed by atoms with van der Waals surface area (Å²) in [6.07, 6.45) is 0. The van der Waals surface area contributed by atoms with Crippen molar-refractivity contribution in [3.05, 3.63) is 346 Å². The third-order valence-corrected chi connectivity index (χ3v) is 16.7. The Labute approximate surface area is 538 Å². The molecule has 1 aliphatic rings. The van der Waals surface area contributed by atoms with Crippen molar-refractivity contribution in [1.82, 2.24) is 0 Å². The summed E-state index contributed by atoms with van der Waals surface area (Å²) in [5.41, 5.74) is 16.2. The SMILES string of the molecule is N#Cc1ccc(N(c2ccc(C#N)cc2)c2cc(N(c3ccc(C#N)cc3)c3ccc(C#N)cc3)cc(C3(c4cc(N(c5ccc(C#N)cc5)c5ccc(C#N)cc5)cc(N(c5ccc(C#N)cc5)c5ccc(C#N)cc5)c4)c4ccccc4-c4ccccc43)c2)cc1. The molecule has 0 bridgehead atoms. The van der Waals surface area contributed by atoms with Gasteiger partial charge in [0.05, 0.1) is 98.5 Å².